The molecule has 5 nitrogen and oxygen atoms in total. The quantitative estimate of drug-likeness (QED) is 0.856. The first kappa shape index (κ1) is 14.5. The number of carbonyl (C=O) groups excluding carboxylic acids is 1. The highest BCUT2D eigenvalue weighted by molar-refractivity contribution is 5.91. The Morgan fingerprint density at radius 1 is 1.40 bits per heavy atom. The largest absolute Gasteiger partial charge is 0.491 e. The second-order valence-electron chi connectivity index (χ2n) is 5.77. The average molecular weight is 278 g/mol. The first-order valence-electron chi connectivity index (χ1n) is 6.86. The molecule has 0 spiro atoms. The molecule has 5 heteroatoms. The summed E-state index contributed by atoms with van der Waals surface area (Å²) in [6.07, 6.45) is 0.445. The number of hydrogen-bond donors (Lipinski definition) is 1. The number of benzene rings is 1. The molecule has 1 aliphatic rings. The van der Waals surface area contributed by atoms with Crippen LogP contribution in [0.25, 0.3) is 0 Å². The molecule has 0 aliphatic carbocycles. The van der Waals surface area contributed by atoms with E-state index in [0.717, 1.165) is 17.8 Å². The number of nitrogens with zero attached hydrogens (tertiary/aromatic N) is 1. The van der Waals surface area contributed by atoms with Crippen molar-refractivity contribution in [2.75, 3.05) is 30.4 Å². The highest BCUT2D eigenvalue weighted by Gasteiger charge is 2.27. The smallest absolute Gasteiger partial charge is 0.414 e. The molecule has 0 fully saturated rings. The molecule has 0 radical (unpaired) electrons. The minimum atomic E-state index is -0.509. The number of carbonyl (C=O) groups is 1. The fraction of sp³-hybridized carbons (Fsp3) is 0.533. The zero-order chi connectivity index (χ0) is 14.8. The van der Waals surface area contributed by atoms with Crippen LogP contribution in [0.15, 0.2) is 18.2 Å². The molecule has 20 heavy (non-hydrogen) atoms. The lowest BCUT2D eigenvalue weighted by Crippen LogP contribution is -2.37. The Morgan fingerprint density at radius 2 is 2.15 bits per heavy atom. The van der Waals surface area contributed by atoms with Crippen LogP contribution in [0, 0.1) is 0 Å². The molecule has 1 heterocycles. The minimum Gasteiger partial charge on any atom is -0.491 e. The molecule has 1 N–H and O–H groups in total. The van der Waals surface area contributed by atoms with Gasteiger partial charge in [-0.1, -0.05) is 0 Å². The maximum absolute atomic E-state index is 12.4. The molecule has 0 atom stereocenters. The van der Waals surface area contributed by atoms with Gasteiger partial charge in [0.2, 0.25) is 0 Å². The molecule has 0 bridgehead atoms. The van der Waals surface area contributed by atoms with Gasteiger partial charge in [-0.3, -0.25) is 4.90 Å². The van der Waals surface area contributed by atoms with Gasteiger partial charge in [-0.25, -0.2) is 4.79 Å². The van der Waals surface area contributed by atoms with E-state index in [4.69, 9.17) is 9.47 Å². The average Bonchev–Trinajstić information content (AvgIpc) is 2.57. The summed E-state index contributed by atoms with van der Waals surface area (Å²) in [7, 11) is 1.84. The number of fused-ring (bicyclic) bond motifs is 1. The van der Waals surface area contributed by atoms with Crippen molar-refractivity contribution >= 4 is 17.5 Å². The van der Waals surface area contributed by atoms with Gasteiger partial charge in [-0.05, 0) is 45.4 Å². The summed E-state index contributed by atoms with van der Waals surface area (Å²) in [6, 6.07) is 5.71. The highest BCUT2D eigenvalue weighted by Crippen LogP contribution is 2.34. The third kappa shape index (κ3) is 3.35. The van der Waals surface area contributed by atoms with Crippen LogP contribution < -0.4 is 15.0 Å². The third-order valence-corrected chi connectivity index (χ3v) is 2.94. The van der Waals surface area contributed by atoms with Crippen molar-refractivity contribution in [3.05, 3.63) is 18.2 Å². The number of anilines is 2. The maximum atomic E-state index is 12.4. The number of hydrogen-bond acceptors (Lipinski definition) is 4. The summed E-state index contributed by atoms with van der Waals surface area (Å²) >= 11 is 0. The molecule has 0 saturated carbocycles. The van der Waals surface area contributed by atoms with Crippen LogP contribution in [0.2, 0.25) is 0 Å². The summed E-state index contributed by atoms with van der Waals surface area (Å²) in [5.74, 6) is 0.715. The lowest BCUT2D eigenvalue weighted by Gasteiger charge is -2.27. The van der Waals surface area contributed by atoms with E-state index in [0.29, 0.717) is 18.9 Å². The fourth-order valence-corrected chi connectivity index (χ4v) is 2.04. The summed E-state index contributed by atoms with van der Waals surface area (Å²) in [6.45, 7) is 6.79. The van der Waals surface area contributed by atoms with Crippen LogP contribution >= 0.6 is 0 Å². The zero-order valence-corrected chi connectivity index (χ0v) is 12.5. The van der Waals surface area contributed by atoms with Crippen LogP contribution in [0.4, 0.5) is 16.2 Å². The van der Waals surface area contributed by atoms with E-state index in [2.05, 4.69) is 5.32 Å². The third-order valence-electron chi connectivity index (χ3n) is 2.94. The van der Waals surface area contributed by atoms with Gasteiger partial charge >= 0.3 is 6.09 Å². The van der Waals surface area contributed by atoms with Gasteiger partial charge in [0, 0.05) is 19.3 Å². The Balaban J connectivity index is 2.32. The molecular weight excluding hydrogens is 256 g/mol. The summed E-state index contributed by atoms with van der Waals surface area (Å²) in [4.78, 5) is 14.0. The Hall–Kier alpha value is -1.91. The van der Waals surface area contributed by atoms with Gasteiger partial charge < -0.3 is 14.8 Å². The fourth-order valence-electron chi connectivity index (χ4n) is 2.04. The normalized spacial score (nSPS) is 14.9. The lowest BCUT2D eigenvalue weighted by atomic mass is 10.2. The molecule has 0 unspecified atom stereocenters. The van der Waals surface area contributed by atoms with E-state index in [1.807, 2.05) is 46.0 Å². The van der Waals surface area contributed by atoms with Crippen LogP contribution in [0.3, 0.4) is 0 Å². The molecule has 1 amide bonds. The van der Waals surface area contributed by atoms with Gasteiger partial charge in [0.1, 0.15) is 11.4 Å². The van der Waals surface area contributed by atoms with Crippen molar-refractivity contribution < 1.29 is 14.3 Å². The number of ether oxygens (including phenoxy) is 2. The van der Waals surface area contributed by atoms with Gasteiger partial charge in [-0.15, -0.1) is 0 Å². The molecular formula is C15H22N2O3. The van der Waals surface area contributed by atoms with Crippen molar-refractivity contribution in [3.63, 3.8) is 0 Å². The van der Waals surface area contributed by atoms with Gasteiger partial charge in [-0.2, -0.15) is 0 Å². The Morgan fingerprint density at radius 3 is 2.80 bits per heavy atom. The summed E-state index contributed by atoms with van der Waals surface area (Å²) in [5.41, 5.74) is 1.18. The molecule has 1 aliphatic heterocycles. The van der Waals surface area contributed by atoms with Crippen LogP contribution in [-0.4, -0.2) is 31.9 Å². The standard InChI is InChI=1S/C15H22N2O3/c1-15(2,3)20-14(18)17-8-5-9-19-13-7-6-11(16-4)10-12(13)17/h6-7,10,16H,5,8-9H2,1-4H3. The van der Waals surface area contributed by atoms with E-state index < -0.39 is 5.60 Å². The first-order valence-corrected chi connectivity index (χ1v) is 6.86. The second kappa shape index (κ2) is 5.61. The van der Waals surface area contributed by atoms with E-state index in [-0.39, 0.29) is 6.09 Å². The van der Waals surface area contributed by atoms with Crippen molar-refractivity contribution in [2.24, 2.45) is 0 Å². The maximum Gasteiger partial charge on any atom is 0.414 e. The Labute approximate surface area is 119 Å². The molecule has 2 rings (SSSR count). The number of amides is 1. The molecule has 0 aromatic heterocycles. The van der Waals surface area contributed by atoms with Gasteiger partial charge in [0.15, 0.2) is 0 Å². The SMILES string of the molecule is CNc1ccc2c(c1)N(C(=O)OC(C)(C)C)CCCO2. The second-order valence-corrected chi connectivity index (χ2v) is 5.77. The van der Waals surface area contributed by atoms with Crippen molar-refractivity contribution in [3.8, 4) is 5.75 Å². The Kier molecular flexibility index (Phi) is 4.06. The molecule has 0 saturated heterocycles. The minimum absolute atomic E-state index is 0.336. The predicted octanol–water partition coefficient (Wildman–Crippen LogP) is 3.25. The van der Waals surface area contributed by atoms with Crippen LogP contribution in [0.1, 0.15) is 27.2 Å². The molecule has 1 aromatic rings. The van der Waals surface area contributed by atoms with E-state index in [1.54, 1.807) is 4.90 Å². The van der Waals surface area contributed by atoms with Gasteiger partial charge in [0.25, 0.3) is 0 Å². The van der Waals surface area contributed by atoms with E-state index in [1.165, 1.54) is 0 Å². The lowest BCUT2D eigenvalue weighted by molar-refractivity contribution is 0.0581. The van der Waals surface area contributed by atoms with E-state index >= 15 is 0 Å². The molecule has 110 valence electrons. The van der Waals surface area contributed by atoms with E-state index in [9.17, 15) is 4.79 Å². The van der Waals surface area contributed by atoms with Gasteiger partial charge in [0.05, 0.1) is 12.3 Å². The molecule has 1 aromatic carbocycles. The van der Waals surface area contributed by atoms with Crippen LogP contribution in [-0.2, 0) is 4.74 Å². The predicted molar refractivity (Wildman–Crippen MR) is 79.7 cm³/mol. The topological polar surface area (TPSA) is 50.8 Å². The highest BCUT2D eigenvalue weighted by atomic mass is 16.6. The monoisotopic (exact) mass is 278 g/mol. The first-order chi connectivity index (χ1) is 9.40. The number of nitrogens with one attached hydrogen (secondary N) is 1. The summed E-state index contributed by atoms with van der Waals surface area (Å²) in [5, 5.41) is 3.07. The Bertz CT molecular complexity index is 494. The summed E-state index contributed by atoms with van der Waals surface area (Å²) < 4.78 is 11.2. The van der Waals surface area contributed by atoms with Crippen LogP contribution in [0.5, 0.6) is 5.75 Å². The zero-order valence-electron chi connectivity index (χ0n) is 12.5. The van der Waals surface area contributed by atoms with Crippen molar-refractivity contribution in [1.82, 2.24) is 0 Å². The van der Waals surface area contributed by atoms with Crippen molar-refractivity contribution in [2.45, 2.75) is 32.8 Å². The number of rotatable bonds is 1. The van der Waals surface area contributed by atoms with Crippen molar-refractivity contribution in [1.29, 1.82) is 0 Å².